The lowest BCUT2D eigenvalue weighted by Crippen LogP contribution is -2.20. The second-order valence-electron chi connectivity index (χ2n) is 4.60. The molecule has 0 bridgehead atoms. The van der Waals surface area contributed by atoms with E-state index >= 15 is 0 Å². The van der Waals surface area contributed by atoms with Crippen molar-refractivity contribution in [2.45, 2.75) is 13.3 Å². The summed E-state index contributed by atoms with van der Waals surface area (Å²) in [4.78, 5) is 2.25. The third-order valence-corrected chi connectivity index (χ3v) is 2.97. The fourth-order valence-electron chi connectivity index (χ4n) is 1.84. The van der Waals surface area contributed by atoms with Crippen molar-refractivity contribution in [1.82, 2.24) is 10.2 Å². The van der Waals surface area contributed by atoms with Gasteiger partial charge in [-0.15, -0.1) is 5.10 Å². The zero-order valence-electron chi connectivity index (χ0n) is 11.5. The van der Waals surface area contributed by atoms with E-state index in [1.165, 1.54) is 5.69 Å². The second-order valence-corrected chi connectivity index (χ2v) is 4.60. The summed E-state index contributed by atoms with van der Waals surface area (Å²) in [6.45, 7) is 3.84. The van der Waals surface area contributed by atoms with E-state index in [1.54, 1.807) is 0 Å². The lowest BCUT2D eigenvalue weighted by molar-refractivity contribution is 0.810. The zero-order valence-corrected chi connectivity index (χ0v) is 11.5. The standard InChI is InChI=1S/C15H20N4/c1-13-9-10-15(18-17-13)16-11-6-12-19(2)14-7-4-3-5-8-14/h3-5,7-10H,6,11-12H2,1-2H3,(H,16,18). The van der Waals surface area contributed by atoms with Gasteiger partial charge in [-0.05, 0) is 37.6 Å². The van der Waals surface area contributed by atoms with Gasteiger partial charge in [-0.25, -0.2) is 0 Å². The molecule has 0 fully saturated rings. The molecule has 0 unspecified atom stereocenters. The van der Waals surface area contributed by atoms with Gasteiger partial charge in [0, 0.05) is 25.8 Å². The molecule has 0 spiro atoms. The van der Waals surface area contributed by atoms with Gasteiger partial charge in [0.05, 0.1) is 5.69 Å². The first kappa shape index (κ1) is 13.3. The van der Waals surface area contributed by atoms with Crippen molar-refractivity contribution >= 4 is 11.5 Å². The number of hydrogen-bond donors (Lipinski definition) is 1. The van der Waals surface area contributed by atoms with Gasteiger partial charge in [-0.1, -0.05) is 18.2 Å². The molecule has 0 atom stereocenters. The van der Waals surface area contributed by atoms with Gasteiger partial charge in [0.1, 0.15) is 5.82 Å². The molecule has 1 aromatic carbocycles. The molecule has 0 aliphatic rings. The third kappa shape index (κ3) is 4.25. The Labute approximate surface area is 114 Å². The Bertz CT molecular complexity index is 481. The van der Waals surface area contributed by atoms with Crippen LogP contribution in [0.3, 0.4) is 0 Å². The number of para-hydroxylation sites is 1. The molecule has 19 heavy (non-hydrogen) atoms. The first-order chi connectivity index (χ1) is 9.25. The van der Waals surface area contributed by atoms with Crippen LogP contribution in [0.25, 0.3) is 0 Å². The number of hydrogen-bond acceptors (Lipinski definition) is 4. The van der Waals surface area contributed by atoms with Crippen molar-refractivity contribution in [2.24, 2.45) is 0 Å². The van der Waals surface area contributed by atoms with Crippen molar-refractivity contribution in [1.29, 1.82) is 0 Å². The first-order valence-corrected chi connectivity index (χ1v) is 6.56. The van der Waals surface area contributed by atoms with Crippen molar-refractivity contribution in [2.75, 3.05) is 30.4 Å². The minimum atomic E-state index is 0.841. The Kier molecular flexibility index (Phi) is 4.72. The molecule has 0 radical (unpaired) electrons. The van der Waals surface area contributed by atoms with E-state index in [0.717, 1.165) is 31.0 Å². The van der Waals surface area contributed by atoms with Crippen LogP contribution in [-0.2, 0) is 0 Å². The molecule has 0 saturated carbocycles. The normalized spacial score (nSPS) is 10.2. The molecule has 2 rings (SSSR count). The maximum absolute atomic E-state index is 4.08. The number of nitrogens with one attached hydrogen (secondary N) is 1. The topological polar surface area (TPSA) is 41.0 Å². The van der Waals surface area contributed by atoms with E-state index in [2.05, 4.69) is 51.7 Å². The van der Waals surface area contributed by atoms with Gasteiger partial charge in [-0.2, -0.15) is 5.10 Å². The van der Waals surface area contributed by atoms with E-state index in [-0.39, 0.29) is 0 Å². The molecule has 100 valence electrons. The molecular formula is C15H20N4. The maximum atomic E-state index is 4.08. The van der Waals surface area contributed by atoms with Gasteiger partial charge >= 0.3 is 0 Å². The predicted octanol–water partition coefficient (Wildman–Crippen LogP) is 2.72. The molecular weight excluding hydrogens is 236 g/mol. The van der Waals surface area contributed by atoms with Gasteiger partial charge in [0.25, 0.3) is 0 Å². The van der Waals surface area contributed by atoms with Crippen LogP contribution in [0, 0.1) is 6.92 Å². The highest BCUT2D eigenvalue weighted by atomic mass is 15.2. The molecule has 1 aromatic heterocycles. The van der Waals surface area contributed by atoms with Gasteiger partial charge in [-0.3, -0.25) is 0 Å². The fraction of sp³-hybridized carbons (Fsp3) is 0.333. The average Bonchev–Trinajstić information content (AvgIpc) is 2.46. The maximum Gasteiger partial charge on any atom is 0.148 e. The number of benzene rings is 1. The highest BCUT2D eigenvalue weighted by molar-refractivity contribution is 5.44. The Hall–Kier alpha value is -2.10. The lowest BCUT2D eigenvalue weighted by atomic mass is 10.3. The Morgan fingerprint density at radius 3 is 2.53 bits per heavy atom. The average molecular weight is 256 g/mol. The van der Waals surface area contributed by atoms with Crippen LogP contribution in [0.1, 0.15) is 12.1 Å². The molecule has 0 aliphatic carbocycles. The third-order valence-electron chi connectivity index (χ3n) is 2.97. The molecule has 0 saturated heterocycles. The molecule has 1 heterocycles. The van der Waals surface area contributed by atoms with Gasteiger partial charge in [0.2, 0.25) is 0 Å². The summed E-state index contributed by atoms with van der Waals surface area (Å²) >= 11 is 0. The largest absolute Gasteiger partial charge is 0.375 e. The summed E-state index contributed by atoms with van der Waals surface area (Å²) < 4.78 is 0. The molecule has 1 N–H and O–H groups in total. The first-order valence-electron chi connectivity index (χ1n) is 6.56. The van der Waals surface area contributed by atoms with E-state index in [4.69, 9.17) is 0 Å². The Morgan fingerprint density at radius 2 is 1.84 bits per heavy atom. The number of nitrogens with zero attached hydrogens (tertiary/aromatic N) is 3. The molecule has 0 amide bonds. The van der Waals surface area contributed by atoms with E-state index in [0.29, 0.717) is 0 Å². The van der Waals surface area contributed by atoms with Crippen LogP contribution >= 0.6 is 0 Å². The summed E-state index contributed by atoms with van der Waals surface area (Å²) in [5, 5.41) is 11.4. The summed E-state index contributed by atoms with van der Waals surface area (Å²) in [5.74, 6) is 0.841. The van der Waals surface area contributed by atoms with Crippen LogP contribution in [0.2, 0.25) is 0 Å². The summed E-state index contributed by atoms with van der Waals surface area (Å²) in [5.41, 5.74) is 2.19. The fourth-order valence-corrected chi connectivity index (χ4v) is 1.84. The Balaban J connectivity index is 1.71. The number of aryl methyl sites for hydroxylation is 1. The lowest BCUT2D eigenvalue weighted by Gasteiger charge is -2.19. The monoisotopic (exact) mass is 256 g/mol. The minimum Gasteiger partial charge on any atom is -0.375 e. The number of anilines is 2. The van der Waals surface area contributed by atoms with Crippen molar-refractivity contribution in [3.05, 3.63) is 48.2 Å². The minimum absolute atomic E-state index is 0.841. The molecule has 4 heteroatoms. The van der Waals surface area contributed by atoms with Crippen molar-refractivity contribution in [3.8, 4) is 0 Å². The van der Waals surface area contributed by atoms with Crippen LogP contribution in [-0.4, -0.2) is 30.3 Å². The summed E-state index contributed by atoms with van der Waals surface area (Å²) in [6.07, 6.45) is 1.06. The molecule has 0 aliphatic heterocycles. The Morgan fingerprint density at radius 1 is 1.05 bits per heavy atom. The van der Waals surface area contributed by atoms with Crippen LogP contribution in [0.4, 0.5) is 11.5 Å². The van der Waals surface area contributed by atoms with Crippen LogP contribution in [0.5, 0.6) is 0 Å². The zero-order chi connectivity index (χ0) is 13.5. The highest BCUT2D eigenvalue weighted by Crippen LogP contribution is 2.11. The van der Waals surface area contributed by atoms with E-state index < -0.39 is 0 Å². The molecule has 2 aromatic rings. The quantitative estimate of drug-likeness (QED) is 0.807. The highest BCUT2D eigenvalue weighted by Gasteiger charge is 1.99. The van der Waals surface area contributed by atoms with Gasteiger partial charge in [0.15, 0.2) is 0 Å². The smallest absolute Gasteiger partial charge is 0.148 e. The van der Waals surface area contributed by atoms with E-state index in [1.807, 2.05) is 25.1 Å². The number of rotatable bonds is 6. The van der Waals surface area contributed by atoms with Crippen LogP contribution < -0.4 is 10.2 Å². The summed E-state index contributed by atoms with van der Waals surface area (Å²) in [7, 11) is 2.11. The van der Waals surface area contributed by atoms with Crippen molar-refractivity contribution < 1.29 is 0 Å². The summed E-state index contributed by atoms with van der Waals surface area (Å²) in [6, 6.07) is 14.3. The van der Waals surface area contributed by atoms with Gasteiger partial charge < -0.3 is 10.2 Å². The number of aromatic nitrogens is 2. The van der Waals surface area contributed by atoms with Crippen LogP contribution in [0.15, 0.2) is 42.5 Å². The molecule has 4 nitrogen and oxygen atoms in total. The van der Waals surface area contributed by atoms with E-state index in [9.17, 15) is 0 Å². The second kappa shape index (κ2) is 6.73. The van der Waals surface area contributed by atoms with Crippen molar-refractivity contribution in [3.63, 3.8) is 0 Å². The SMILES string of the molecule is Cc1ccc(NCCCN(C)c2ccccc2)nn1. The predicted molar refractivity (Wildman–Crippen MR) is 79.6 cm³/mol.